The first-order valence-corrected chi connectivity index (χ1v) is 8.32. The lowest BCUT2D eigenvalue weighted by Crippen LogP contribution is -2.01. The maximum absolute atomic E-state index is 6.07. The molecule has 0 atom stereocenters. The van der Waals surface area contributed by atoms with E-state index in [9.17, 15) is 0 Å². The number of hydrogen-bond donors (Lipinski definition) is 2. The first-order chi connectivity index (χ1) is 12.6. The van der Waals surface area contributed by atoms with Crippen molar-refractivity contribution in [2.75, 3.05) is 24.9 Å². The SMILES string of the molecule is COc1ccc(Nc2nccc(Nc3cc(Cl)ccc3C)n2)cc1OC. The van der Waals surface area contributed by atoms with Crippen LogP contribution in [-0.2, 0) is 0 Å². The molecule has 26 heavy (non-hydrogen) atoms. The lowest BCUT2D eigenvalue weighted by Gasteiger charge is -2.12. The summed E-state index contributed by atoms with van der Waals surface area (Å²) in [6.45, 7) is 2.00. The number of anilines is 4. The number of benzene rings is 2. The summed E-state index contributed by atoms with van der Waals surface area (Å²) >= 11 is 6.07. The van der Waals surface area contributed by atoms with Crippen molar-refractivity contribution >= 4 is 34.7 Å². The highest BCUT2D eigenvalue weighted by atomic mass is 35.5. The van der Waals surface area contributed by atoms with Crippen LogP contribution >= 0.6 is 11.6 Å². The zero-order valence-electron chi connectivity index (χ0n) is 14.7. The summed E-state index contributed by atoms with van der Waals surface area (Å²) < 4.78 is 10.6. The molecule has 0 aliphatic rings. The number of rotatable bonds is 6. The van der Waals surface area contributed by atoms with Crippen molar-refractivity contribution in [3.05, 3.63) is 59.2 Å². The summed E-state index contributed by atoms with van der Waals surface area (Å²) in [6.07, 6.45) is 1.68. The molecule has 0 spiro atoms. The van der Waals surface area contributed by atoms with E-state index >= 15 is 0 Å². The number of methoxy groups -OCH3 is 2. The molecule has 0 aliphatic heterocycles. The third-order valence-corrected chi connectivity index (χ3v) is 3.99. The van der Waals surface area contributed by atoms with Crippen LogP contribution in [-0.4, -0.2) is 24.2 Å². The number of nitrogens with one attached hydrogen (secondary N) is 2. The standard InChI is InChI=1S/C19H19ClN4O2/c1-12-4-5-13(20)10-15(12)23-18-8-9-21-19(24-18)22-14-6-7-16(25-2)17(11-14)26-3/h4-11H,1-3H3,(H2,21,22,23,24). The van der Waals surface area contributed by atoms with Crippen LogP contribution in [0.4, 0.5) is 23.1 Å². The van der Waals surface area contributed by atoms with Gasteiger partial charge in [0.25, 0.3) is 0 Å². The highest BCUT2D eigenvalue weighted by molar-refractivity contribution is 6.30. The molecule has 0 fully saturated rings. The van der Waals surface area contributed by atoms with Crippen LogP contribution in [0.15, 0.2) is 48.7 Å². The third kappa shape index (κ3) is 4.15. The van der Waals surface area contributed by atoms with E-state index in [0.717, 1.165) is 16.9 Å². The second-order valence-corrected chi connectivity index (χ2v) is 5.98. The van der Waals surface area contributed by atoms with Crippen LogP contribution in [0.5, 0.6) is 11.5 Å². The zero-order chi connectivity index (χ0) is 18.5. The summed E-state index contributed by atoms with van der Waals surface area (Å²) in [5, 5.41) is 7.08. The van der Waals surface area contributed by atoms with Crippen molar-refractivity contribution in [3.8, 4) is 11.5 Å². The molecule has 3 aromatic rings. The third-order valence-electron chi connectivity index (χ3n) is 3.76. The molecule has 0 saturated carbocycles. The van der Waals surface area contributed by atoms with Crippen molar-refractivity contribution in [3.63, 3.8) is 0 Å². The minimum Gasteiger partial charge on any atom is -0.493 e. The average Bonchev–Trinajstić information content (AvgIpc) is 2.65. The van der Waals surface area contributed by atoms with E-state index in [1.54, 1.807) is 26.5 Å². The van der Waals surface area contributed by atoms with E-state index < -0.39 is 0 Å². The van der Waals surface area contributed by atoms with Gasteiger partial charge in [0.1, 0.15) is 5.82 Å². The highest BCUT2D eigenvalue weighted by Crippen LogP contribution is 2.31. The lowest BCUT2D eigenvalue weighted by molar-refractivity contribution is 0.355. The van der Waals surface area contributed by atoms with E-state index in [1.807, 2.05) is 43.3 Å². The van der Waals surface area contributed by atoms with Gasteiger partial charge >= 0.3 is 0 Å². The Balaban J connectivity index is 1.80. The molecular formula is C19H19ClN4O2. The van der Waals surface area contributed by atoms with Gasteiger partial charge in [-0.25, -0.2) is 4.98 Å². The minimum absolute atomic E-state index is 0.460. The van der Waals surface area contributed by atoms with Gasteiger partial charge in [-0.05, 0) is 42.8 Å². The fourth-order valence-electron chi connectivity index (χ4n) is 2.40. The fraction of sp³-hybridized carbons (Fsp3) is 0.158. The predicted molar refractivity (Wildman–Crippen MR) is 104 cm³/mol. The van der Waals surface area contributed by atoms with Gasteiger partial charge < -0.3 is 20.1 Å². The van der Waals surface area contributed by atoms with Gasteiger partial charge in [-0.1, -0.05) is 17.7 Å². The molecule has 1 heterocycles. The summed E-state index contributed by atoms with van der Waals surface area (Å²) in [7, 11) is 3.19. The zero-order valence-corrected chi connectivity index (χ0v) is 15.5. The first-order valence-electron chi connectivity index (χ1n) is 7.94. The molecular weight excluding hydrogens is 352 g/mol. The van der Waals surface area contributed by atoms with Crippen molar-refractivity contribution in [2.45, 2.75) is 6.92 Å². The van der Waals surface area contributed by atoms with Gasteiger partial charge in [0, 0.05) is 28.7 Å². The first kappa shape index (κ1) is 17.8. The average molecular weight is 371 g/mol. The largest absolute Gasteiger partial charge is 0.493 e. The Kier molecular flexibility index (Phi) is 5.43. The molecule has 0 amide bonds. The van der Waals surface area contributed by atoms with E-state index in [0.29, 0.717) is 28.3 Å². The van der Waals surface area contributed by atoms with Crippen LogP contribution < -0.4 is 20.1 Å². The van der Waals surface area contributed by atoms with Crippen LogP contribution in [0.1, 0.15) is 5.56 Å². The minimum atomic E-state index is 0.460. The number of halogens is 1. The quantitative estimate of drug-likeness (QED) is 0.640. The summed E-state index contributed by atoms with van der Waals surface area (Å²) in [5.41, 5.74) is 2.76. The van der Waals surface area contributed by atoms with Crippen molar-refractivity contribution in [1.29, 1.82) is 0 Å². The number of ether oxygens (including phenoxy) is 2. The van der Waals surface area contributed by atoms with Crippen LogP contribution in [0.3, 0.4) is 0 Å². The van der Waals surface area contributed by atoms with Crippen LogP contribution in [0.2, 0.25) is 5.02 Å². The van der Waals surface area contributed by atoms with E-state index in [4.69, 9.17) is 21.1 Å². The highest BCUT2D eigenvalue weighted by Gasteiger charge is 2.07. The van der Waals surface area contributed by atoms with Gasteiger partial charge in [-0.2, -0.15) is 4.98 Å². The summed E-state index contributed by atoms with van der Waals surface area (Å²) in [6, 6.07) is 13.0. The lowest BCUT2D eigenvalue weighted by atomic mass is 10.2. The molecule has 6 nitrogen and oxygen atoms in total. The van der Waals surface area contributed by atoms with Gasteiger partial charge in [0.2, 0.25) is 5.95 Å². The Labute approximate surface area is 157 Å². The van der Waals surface area contributed by atoms with Gasteiger partial charge in [-0.15, -0.1) is 0 Å². The predicted octanol–water partition coefficient (Wildman–Crippen LogP) is 4.94. The monoisotopic (exact) mass is 370 g/mol. The fourth-order valence-corrected chi connectivity index (χ4v) is 2.57. The smallest absolute Gasteiger partial charge is 0.229 e. The van der Waals surface area contributed by atoms with Crippen LogP contribution in [0.25, 0.3) is 0 Å². The molecule has 7 heteroatoms. The van der Waals surface area contributed by atoms with E-state index in [2.05, 4.69) is 20.6 Å². The number of nitrogens with zero attached hydrogens (tertiary/aromatic N) is 2. The molecule has 0 radical (unpaired) electrons. The Bertz CT molecular complexity index is 918. The Morgan fingerprint density at radius 2 is 1.73 bits per heavy atom. The Hall–Kier alpha value is -2.99. The molecule has 0 bridgehead atoms. The van der Waals surface area contributed by atoms with Gasteiger partial charge in [0.15, 0.2) is 11.5 Å². The van der Waals surface area contributed by atoms with Gasteiger partial charge in [-0.3, -0.25) is 0 Å². The second-order valence-electron chi connectivity index (χ2n) is 5.54. The van der Waals surface area contributed by atoms with Crippen LogP contribution in [0, 0.1) is 6.92 Å². The number of hydrogen-bond acceptors (Lipinski definition) is 6. The Morgan fingerprint density at radius 1 is 0.923 bits per heavy atom. The van der Waals surface area contributed by atoms with Gasteiger partial charge in [0.05, 0.1) is 14.2 Å². The molecule has 2 N–H and O–H groups in total. The topological polar surface area (TPSA) is 68.3 Å². The molecule has 1 aromatic heterocycles. The van der Waals surface area contributed by atoms with E-state index in [-0.39, 0.29) is 0 Å². The summed E-state index contributed by atoms with van der Waals surface area (Å²) in [5.74, 6) is 2.40. The molecule has 3 rings (SSSR count). The Morgan fingerprint density at radius 3 is 2.50 bits per heavy atom. The normalized spacial score (nSPS) is 10.3. The van der Waals surface area contributed by atoms with Crippen molar-refractivity contribution in [1.82, 2.24) is 9.97 Å². The van der Waals surface area contributed by atoms with Crippen molar-refractivity contribution < 1.29 is 9.47 Å². The molecule has 0 saturated heterocycles. The maximum Gasteiger partial charge on any atom is 0.229 e. The molecule has 2 aromatic carbocycles. The van der Waals surface area contributed by atoms with E-state index in [1.165, 1.54) is 0 Å². The maximum atomic E-state index is 6.07. The molecule has 0 unspecified atom stereocenters. The van der Waals surface area contributed by atoms with Crippen molar-refractivity contribution in [2.24, 2.45) is 0 Å². The molecule has 134 valence electrons. The molecule has 0 aliphatic carbocycles. The number of aromatic nitrogens is 2. The second kappa shape index (κ2) is 7.93. The summed E-state index contributed by atoms with van der Waals surface area (Å²) in [4.78, 5) is 8.74. The number of aryl methyl sites for hydroxylation is 1.